The van der Waals surface area contributed by atoms with Crippen molar-refractivity contribution in [2.45, 2.75) is 38.6 Å². The Hall–Kier alpha value is -2.27. The highest BCUT2D eigenvalue weighted by Crippen LogP contribution is 2.38. The maximum atomic E-state index is 13.2. The molecule has 3 saturated heterocycles. The van der Waals surface area contributed by atoms with Crippen LogP contribution in [0, 0.1) is 29.1 Å². The minimum Gasteiger partial charge on any atom is -0.463 e. The van der Waals surface area contributed by atoms with Crippen LogP contribution >= 0.6 is 0 Å². The van der Waals surface area contributed by atoms with Gasteiger partial charge in [0.15, 0.2) is 0 Å². The number of hydrogen-bond donors (Lipinski definition) is 1. The lowest BCUT2D eigenvalue weighted by Crippen LogP contribution is -2.45. The topological polar surface area (TPSA) is 143 Å². The number of ether oxygens (including phenoxy) is 6. The highest BCUT2D eigenvalue weighted by atomic mass is 16.6. The summed E-state index contributed by atoms with van der Waals surface area (Å²) >= 11 is 0. The Morgan fingerprint density at radius 3 is 1.91 bits per heavy atom. The SMILES string of the molecule is CC(C)(C=CC1C=CC(CN)C(C(=O)OCC2CO2)C1C(=O)OCC1CO1)CC(=O)OCC1CO1. The Labute approximate surface area is 205 Å². The van der Waals surface area contributed by atoms with Crippen LogP contribution in [0.15, 0.2) is 24.3 Å². The lowest BCUT2D eigenvalue weighted by molar-refractivity contribution is -0.164. The second-order valence-electron chi connectivity index (χ2n) is 10.2. The molecule has 3 fully saturated rings. The van der Waals surface area contributed by atoms with Crippen molar-refractivity contribution in [1.82, 2.24) is 0 Å². The summed E-state index contributed by atoms with van der Waals surface area (Å²) in [6.07, 6.45) is 7.46. The first-order chi connectivity index (χ1) is 16.8. The molecule has 3 heterocycles. The molecule has 0 aromatic heterocycles. The summed E-state index contributed by atoms with van der Waals surface area (Å²) in [5.74, 6) is -3.71. The Morgan fingerprint density at radius 1 is 0.886 bits per heavy atom. The van der Waals surface area contributed by atoms with Gasteiger partial charge in [-0.15, -0.1) is 0 Å². The molecule has 0 spiro atoms. The number of esters is 3. The van der Waals surface area contributed by atoms with Gasteiger partial charge in [-0.3, -0.25) is 14.4 Å². The standard InChI is InChI=1S/C25H35NO9/c1-25(2,7-20(27)33-12-17-9-30-17)6-5-15-3-4-16(8-26)22(24(29)35-14-19-11-32-19)21(15)23(28)34-13-18-10-31-18/h3-6,15-19,21-22H,7-14,26H2,1-2H3. The average molecular weight is 494 g/mol. The van der Waals surface area contributed by atoms with Gasteiger partial charge in [-0.05, 0) is 12.0 Å². The second-order valence-corrected chi connectivity index (χ2v) is 10.2. The second kappa shape index (κ2) is 11.2. The van der Waals surface area contributed by atoms with E-state index in [0.717, 1.165) is 0 Å². The lowest BCUT2D eigenvalue weighted by Gasteiger charge is -2.35. The minimum absolute atomic E-state index is 0.0106. The zero-order valence-corrected chi connectivity index (χ0v) is 20.3. The normalized spacial score (nSPS) is 33.3. The number of carbonyl (C=O) groups excluding carboxylic acids is 3. The van der Waals surface area contributed by atoms with Crippen molar-refractivity contribution in [3.8, 4) is 0 Å². The first-order valence-electron chi connectivity index (χ1n) is 12.2. The smallest absolute Gasteiger partial charge is 0.310 e. The van der Waals surface area contributed by atoms with Crippen molar-refractivity contribution < 1.29 is 42.8 Å². The molecule has 35 heavy (non-hydrogen) atoms. The summed E-state index contributed by atoms with van der Waals surface area (Å²) in [6.45, 7) is 6.29. The number of nitrogens with two attached hydrogens (primary N) is 1. The van der Waals surface area contributed by atoms with Gasteiger partial charge < -0.3 is 34.2 Å². The van der Waals surface area contributed by atoms with Gasteiger partial charge in [0.2, 0.25) is 0 Å². The number of hydrogen-bond acceptors (Lipinski definition) is 10. The van der Waals surface area contributed by atoms with E-state index >= 15 is 0 Å². The van der Waals surface area contributed by atoms with Crippen LogP contribution < -0.4 is 5.73 Å². The van der Waals surface area contributed by atoms with Crippen LogP contribution in [0.4, 0.5) is 0 Å². The highest BCUT2D eigenvalue weighted by Gasteiger charge is 2.46. The summed E-state index contributed by atoms with van der Waals surface area (Å²) in [6, 6.07) is 0. The van der Waals surface area contributed by atoms with Gasteiger partial charge in [-0.2, -0.15) is 0 Å². The van der Waals surface area contributed by atoms with Gasteiger partial charge >= 0.3 is 17.9 Å². The zero-order valence-electron chi connectivity index (χ0n) is 20.3. The van der Waals surface area contributed by atoms with Crippen LogP contribution in [0.2, 0.25) is 0 Å². The van der Waals surface area contributed by atoms with Gasteiger partial charge in [-0.25, -0.2) is 0 Å². The van der Waals surface area contributed by atoms with Crippen LogP contribution in [0.5, 0.6) is 0 Å². The number of allylic oxidation sites excluding steroid dienone is 3. The van der Waals surface area contributed by atoms with Gasteiger partial charge in [-0.1, -0.05) is 38.2 Å². The highest BCUT2D eigenvalue weighted by molar-refractivity contribution is 5.84. The number of epoxide rings is 3. The molecule has 0 saturated carbocycles. The summed E-state index contributed by atoms with van der Waals surface area (Å²) in [7, 11) is 0. The molecule has 10 heteroatoms. The van der Waals surface area contributed by atoms with E-state index in [-0.39, 0.29) is 63.0 Å². The molecular weight excluding hydrogens is 458 g/mol. The Morgan fingerprint density at radius 2 is 1.40 bits per heavy atom. The molecule has 0 aromatic carbocycles. The minimum atomic E-state index is -0.814. The van der Waals surface area contributed by atoms with Crippen molar-refractivity contribution in [3.05, 3.63) is 24.3 Å². The molecule has 4 aliphatic rings. The molecule has 0 radical (unpaired) electrons. The third-order valence-corrected chi connectivity index (χ3v) is 6.49. The first-order valence-corrected chi connectivity index (χ1v) is 12.2. The lowest BCUT2D eigenvalue weighted by atomic mass is 9.69. The molecule has 194 valence electrons. The van der Waals surface area contributed by atoms with Gasteiger partial charge in [0.25, 0.3) is 0 Å². The summed E-state index contributed by atoms with van der Waals surface area (Å²) < 4.78 is 31.6. The maximum Gasteiger partial charge on any atom is 0.310 e. The van der Waals surface area contributed by atoms with Crippen molar-refractivity contribution >= 4 is 17.9 Å². The van der Waals surface area contributed by atoms with Crippen LogP contribution in [-0.2, 0) is 42.8 Å². The predicted molar refractivity (Wildman–Crippen MR) is 122 cm³/mol. The van der Waals surface area contributed by atoms with Crippen LogP contribution in [0.25, 0.3) is 0 Å². The molecule has 0 aromatic rings. The molecule has 7 atom stereocenters. The first kappa shape index (κ1) is 25.8. The van der Waals surface area contributed by atoms with Gasteiger partial charge in [0.05, 0.1) is 38.1 Å². The fourth-order valence-corrected chi connectivity index (χ4v) is 4.13. The van der Waals surface area contributed by atoms with Gasteiger partial charge in [0.1, 0.15) is 38.1 Å². The Bertz CT molecular complexity index is 842. The fraction of sp³-hybridized carbons (Fsp3) is 0.720. The van der Waals surface area contributed by atoms with E-state index in [0.29, 0.717) is 19.8 Å². The number of rotatable bonds is 13. The van der Waals surface area contributed by atoms with E-state index in [1.165, 1.54) is 0 Å². The quantitative estimate of drug-likeness (QED) is 0.169. The van der Waals surface area contributed by atoms with Crippen molar-refractivity contribution in [2.75, 3.05) is 46.2 Å². The molecule has 0 bridgehead atoms. The van der Waals surface area contributed by atoms with E-state index < -0.39 is 35.1 Å². The Balaban J connectivity index is 1.46. The fourth-order valence-electron chi connectivity index (χ4n) is 4.13. The molecular formula is C25H35NO9. The van der Waals surface area contributed by atoms with E-state index in [4.69, 9.17) is 34.2 Å². The molecule has 1 aliphatic carbocycles. The number of carbonyl (C=O) groups is 3. The third kappa shape index (κ3) is 7.86. The average Bonchev–Trinajstić information content (AvgIpc) is 3.69. The molecule has 3 aliphatic heterocycles. The third-order valence-electron chi connectivity index (χ3n) is 6.49. The maximum absolute atomic E-state index is 13.2. The predicted octanol–water partition coefficient (Wildman–Crippen LogP) is 0.778. The van der Waals surface area contributed by atoms with Crippen LogP contribution in [0.1, 0.15) is 20.3 Å². The van der Waals surface area contributed by atoms with Crippen molar-refractivity contribution in [3.63, 3.8) is 0 Å². The van der Waals surface area contributed by atoms with Crippen LogP contribution in [0.3, 0.4) is 0 Å². The summed E-state index contributed by atoms with van der Waals surface area (Å²) in [5.41, 5.74) is 5.43. The molecule has 7 unspecified atom stereocenters. The molecule has 4 rings (SSSR count). The summed E-state index contributed by atoms with van der Waals surface area (Å²) in [5, 5.41) is 0. The van der Waals surface area contributed by atoms with E-state index in [1.807, 2.05) is 38.2 Å². The zero-order chi connectivity index (χ0) is 25.0. The molecule has 2 N–H and O–H groups in total. The largest absolute Gasteiger partial charge is 0.463 e. The Kier molecular flexibility index (Phi) is 8.26. The van der Waals surface area contributed by atoms with E-state index in [2.05, 4.69) is 0 Å². The van der Waals surface area contributed by atoms with Gasteiger partial charge in [0, 0.05) is 11.8 Å². The van der Waals surface area contributed by atoms with Crippen molar-refractivity contribution in [1.29, 1.82) is 0 Å². The van der Waals surface area contributed by atoms with Crippen LogP contribution in [-0.4, -0.2) is 82.4 Å². The monoisotopic (exact) mass is 493 g/mol. The molecule has 10 nitrogen and oxygen atoms in total. The molecule has 0 amide bonds. The summed E-state index contributed by atoms with van der Waals surface area (Å²) in [4.78, 5) is 38.5. The van der Waals surface area contributed by atoms with E-state index in [1.54, 1.807) is 0 Å². The van der Waals surface area contributed by atoms with Crippen molar-refractivity contribution in [2.24, 2.45) is 34.8 Å². The van der Waals surface area contributed by atoms with E-state index in [9.17, 15) is 14.4 Å².